The standard InChI is InChI=1S/C40H51N3O7/c1-7-10-19-32(45)49-24-29(28-17-12-11-13-18-28)41-37(46)33-31-20-21-40(50-31)34(33)38(47)43(30(23-44)25(4)9-3)36(40)39(48)42(22-8-2)35-26(5)15-14-16-27(35)6/h7-8,11-18,25,29-31,33-34,36,44H,1-2,9-10,19-24H2,3-6H3,(H,41,46)/t25-,29-,30-,31-,33+,34+,36-,40+/m0/s1. The number of nitrogens with one attached hydrogen (secondary N) is 1. The lowest BCUT2D eigenvalue weighted by molar-refractivity contribution is -0.147. The monoisotopic (exact) mass is 685 g/mol. The van der Waals surface area contributed by atoms with E-state index in [0.29, 0.717) is 25.7 Å². The quantitative estimate of drug-likeness (QED) is 0.189. The van der Waals surface area contributed by atoms with Crippen LogP contribution in [0, 0.1) is 31.6 Å². The highest BCUT2D eigenvalue weighted by Crippen LogP contribution is 2.59. The second kappa shape index (κ2) is 15.7. The van der Waals surface area contributed by atoms with Crippen LogP contribution in [-0.4, -0.2) is 77.2 Å². The second-order valence-electron chi connectivity index (χ2n) is 13.9. The SMILES string of the molecule is C=CCCC(=O)OC[C@H](NC(=O)[C@@H]1[C@@H]2CC[C@]3(O2)[C@H](C(=O)N(CC=C)c2c(C)cccc2C)N([C@@H](CO)[C@@H](C)CC)C(=O)[C@@H]13)c1ccccc1. The molecule has 10 nitrogen and oxygen atoms in total. The van der Waals surface area contributed by atoms with Crippen molar-refractivity contribution in [2.24, 2.45) is 17.8 Å². The number of benzene rings is 2. The molecule has 0 aliphatic carbocycles. The summed E-state index contributed by atoms with van der Waals surface area (Å²) in [7, 11) is 0. The van der Waals surface area contributed by atoms with Crippen molar-refractivity contribution in [2.75, 3.05) is 24.7 Å². The molecular formula is C40H51N3O7. The molecule has 10 heteroatoms. The summed E-state index contributed by atoms with van der Waals surface area (Å²) in [4.78, 5) is 59.9. The molecule has 2 aromatic carbocycles. The van der Waals surface area contributed by atoms with E-state index < -0.39 is 53.5 Å². The first kappa shape index (κ1) is 37.0. The highest BCUT2D eigenvalue weighted by Gasteiger charge is 2.75. The number of rotatable bonds is 16. The Morgan fingerprint density at radius 2 is 1.82 bits per heavy atom. The van der Waals surface area contributed by atoms with Gasteiger partial charge in [-0.15, -0.1) is 13.2 Å². The third-order valence-corrected chi connectivity index (χ3v) is 10.9. The van der Waals surface area contributed by atoms with Crippen LogP contribution in [-0.2, 0) is 28.7 Å². The van der Waals surface area contributed by atoms with Crippen LogP contribution in [0.4, 0.5) is 5.69 Å². The largest absolute Gasteiger partial charge is 0.463 e. The molecule has 0 saturated carbocycles. The second-order valence-corrected chi connectivity index (χ2v) is 13.9. The Balaban J connectivity index is 1.53. The number of carbonyl (C=O) groups is 4. The molecule has 2 aromatic rings. The number of aliphatic hydroxyl groups excluding tert-OH is 1. The number of nitrogens with zero attached hydrogens (tertiary/aromatic N) is 2. The molecule has 3 heterocycles. The average Bonchev–Trinajstić information content (AvgIpc) is 3.76. The van der Waals surface area contributed by atoms with E-state index in [0.717, 1.165) is 22.4 Å². The molecule has 0 unspecified atom stereocenters. The van der Waals surface area contributed by atoms with E-state index in [1.54, 1.807) is 22.0 Å². The molecule has 0 radical (unpaired) electrons. The van der Waals surface area contributed by atoms with Crippen molar-refractivity contribution in [3.8, 4) is 0 Å². The Bertz CT molecular complexity index is 1570. The zero-order chi connectivity index (χ0) is 36.2. The van der Waals surface area contributed by atoms with Crippen molar-refractivity contribution in [3.05, 3.63) is 90.5 Å². The molecule has 3 aliphatic heterocycles. The third kappa shape index (κ3) is 6.75. The molecule has 268 valence electrons. The third-order valence-electron chi connectivity index (χ3n) is 10.9. The number of carbonyl (C=O) groups excluding carboxylic acids is 4. The highest BCUT2D eigenvalue weighted by molar-refractivity contribution is 6.05. The highest BCUT2D eigenvalue weighted by atomic mass is 16.5. The molecule has 3 amide bonds. The van der Waals surface area contributed by atoms with E-state index >= 15 is 4.79 Å². The maximum Gasteiger partial charge on any atom is 0.306 e. The van der Waals surface area contributed by atoms with Crippen molar-refractivity contribution >= 4 is 29.4 Å². The van der Waals surface area contributed by atoms with Gasteiger partial charge in [-0.3, -0.25) is 19.2 Å². The van der Waals surface area contributed by atoms with Crippen molar-refractivity contribution in [3.63, 3.8) is 0 Å². The van der Waals surface area contributed by atoms with Crippen LogP contribution in [0.25, 0.3) is 0 Å². The van der Waals surface area contributed by atoms with Gasteiger partial charge in [0.2, 0.25) is 11.8 Å². The molecule has 8 atom stereocenters. The number of aliphatic hydroxyl groups is 1. The number of ether oxygens (including phenoxy) is 2. The molecule has 2 bridgehead atoms. The Morgan fingerprint density at radius 3 is 2.44 bits per heavy atom. The molecule has 3 saturated heterocycles. The Labute approximate surface area is 295 Å². The lowest BCUT2D eigenvalue weighted by Crippen LogP contribution is -2.60. The summed E-state index contributed by atoms with van der Waals surface area (Å²) in [5.41, 5.74) is 2.02. The van der Waals surface area contributed by atoms with Crippen LogP contribution < -0.4 is 10.2 Å². The molecular weight excluding hydrogens is 634 g/mol. The summed E-state index contributed by atoms with van der Waals surface area (Å²) in [5, 5.41) is 13.8. The van der Waals surface area contributed by atoms with Crippen molar-refractivity contribution in [2.45, 2.75) is 89.6 Å². The van der Waals surface area contributed by atoms with Gasteiger partial charge in [-0.1, -0.05) is 81.0 Å². The van der Waals surface area contributed by atoms with Gasteiger partial charge in [0.05, 0.1) is 36.6 Å². The van der Waals surface area contributed by atoms with E-state index in [9.17, 15) is 19.5 Å². The maximum atomic E-state index is 15.1. The summed E-state index contributed by atoms with van der Waals surface area (Å²) in [6.07, 6.45) is 4.94. The zero-order valence-electron chi connectivity index (χ0n) is 29.7. The number of fused-ring (bicyclic) bond motifs is 1. The first-order chi connectivity index (χ1) is 24.0. The van der Waals surface area contributed by atoms with Gasteiger partial charge < -0.3 is 29.7 Å². The number of anilines is 1. The molecule has 1 spiro atoms. The van der Waals surface area contributed by atoms with Gasteiger partial charge >= 0.3 is 5.97 Å². The number of amides is 3. The van der Waals surface area contributed by atoms with E-state index in [1.165, 1.54) is 0 Å². The van der Waals surface area contributed by atoms with E-state index in [1.807, 2.05) is 76.2 Å². The molecule has 5 rings (SSSR count). The van der Waals surface area contributed by atoms with Crippen molar-refractivity contribution in [1.29, 1.82) is 0 Å². The fourth-order valence-corrected chi connectivity index (χ4v) is 8.28. The fourth-order valence-electron chi connectivity index (χ4n) is 8.28. The first-order valence-corrected chi connectivity index (χ1v) is 17.8. The van der Waals surface area contributed by atoms with Crippen molar-refractivity contribution in [1.82, 2.24) is 10.2 Å². The van der Waals surface area contributed by atoms with Crippen LogP contribution in [0.2, 0.25) is 0 Å². The number of hydrogen-bond donors (Lipinski definition) is 2. The number of aryl methyl sites for hydroxylation is 2. The van der Waals surface area contributed by atoms with Gasteiger partial charge in [0.1, 0.15) is 18.2 Å². The Kier molecular flexibility index (Phi) is 11.6. The van der Waals surface area contributed by atoms with E-state index in [-0.39, 0.29) is 43.9 Å². The lowest BCUT2D eigenvalue weighted by atomic mass is 9.70. The topological polar surface area (TPSA) is 125 Å². The molecule has 3 fully saturated rings. The molecule has 0 aromatic heterocycles. The Morgan fingerprint density at radius 1 is 1.12 bits per heavy atom. The van der Waals surface area contributed by atoms with Gasteiger partial charge in [-0.05, 0) is 55.7 Å². The average molecular weight is 686 g/mol. The number of hydrogen-bond acceptors (Lipinski definition) is 7. The minimum absolute atomic E-state index is 0.0894. The number of esters is 1. The van der Waals surface area contributed by atoms with Gasteiger partial charge in [-0.2, -0.15) is 0 Å². The maximum absolute atomic E-state index is 15.1. The minimum atomic E-state index is -1.27. The van der Waals surface area contributed by atoms with Gasteiger partial charge in [0, 0.05) is 18.7 Å². The predicted molar refractivity (Wildman–Crippen MR) is 191 cm³/mol. The minimum Gasteiger partial charge on any atom is -0.463 e. The van der Waals surface area contributed by atoms with Gasteiger partial charge in [0.15, 0.2) is 0 Å². The van der Waals surface area contributed by atoms with Crippen LogP contribution in [0.15, 0.2) is 73.8 Å². The predicted octanol–water partition coefficient (Wildman–Crippen LogP) is 4.97. The van der Waals surface area contributed by atoms with E-state index in [2.05, 4.69) is 18.5 Å². The molecule has 2 N–H and O–H groups in total. The first-order valence-electron chi connectivity index (χ1n) is 17.8. The molecule has 3 aliphatic rings. The lowest BCUT2D eigenvalue weighted by Gasteiger charge is -2.41. The van der Waals surface area contributed by atoms with Gasteiger partial charge in [0.25, 0.3) is 5.91 Å². The smallest absolute Gasteiger partial charge is 0.306 e. The molecule has 50 heavy (non-hydrogen) atoms. The number of allylic oxidation sites excluding steroid dienone is 1. The van der Waals surface area contributed by atoms with E-state index in [4.69, 9.17) is 9.47 Å². The van der Waals surface area contributed by atoms with Crippen LogP contribution in [0.1, 0.15) is 68.7 Å². The van der Waals surface area contributed by atoms with Crippen LogP contribution in [0.5, 0.6) is 0 Å². The fraction of sp³-hybridized carbons (Fsp3) is 0.500. The van der Waals surface area contributed by atoms with Crippen LogP contribution >= 0.6 is 0 Å². The van der Waals surface area contributed by atoms with Crippen LogP contribution in [0.3, 0.4) is 0 Å². The summed E-state index contributed by atoms with van der Waals surface area (Å²) in [5.74, 6) is -3.45. The summed E-state index contributed by atoms with van der Waals surface area (Å²) in [6, 6.07) is 12.6. The zero-order valence-corrected chi connectivity index (χ0v) is 29.7. The normalized spacial score (nSPS) is 25.4. The summed E-state index contributed by atoms with van der Waals surface area (Å²) < 4.78 is 12.3. The Hall–Kier alpha value is -4.28. The summed E-state index contributed by atoms with van der Waals surface area (Å²) in [6.45, 7) is 15.2. The van der Waals surface area contributed by atoms with Crippen molar-refractivity contribution < 1.29 is 33.8 Å². The number of likely N-dealkylation sites (tertiary alicyclic amines) is 1. The summed E-state index contributed by atoms with van der Waals surface area (Å²) >= 11 is 0. The van der Waals surface area contributed by atoms with Gasteiger partial charge in [-0.25, -0.2) is 0 Å². The number of para-hydroxylation sites is 1.